The first kappa shape index (κ1) is 15.4. The second kappa shape index (κ2) is 5.87. The summed E-state index contributed by atoms with van der Waals surface area (Å²) in [6.45, 7) is 0.270. The maximum atomic E-state index is 12.4. The molecule has 0 atom stereocenters. The fourth-order valence-electron chi connectivity index (χ4n) is 3.28. The minimum atomic E-state index is -0.256. The number of carbonyl (C=O) groups excluding carboxylic acids is 2. The first-order chi connectivity index (χ1) is 13.2. The smallest absolute Gasteiger partial charge is 0.261 e. The number of fused-ring (bicyclic) bond motifs is 2. The van der Waals surface area contributed by atoms with Crippen molar-refractivity contribution in [3.8, 4) is 5.69 Å². The van der Waals surface area contributed by atoms with E-state index in [2.05, 4.69) is 20.5 Å². The van der Waals surface area contributed by atoms with Gasteiger partial charge in [-0.15, -0.1) is 5.10 Å². The molecule has 27 heavy (non-hydrogen) atoms. The van der Waals surface area contributed by atoms with Gasteiger partial charge in [-0.05, 0) is 30.3 Å². The lowest BCUT2D eigenvalue weighted by Crippen LogP contribution is -2.31. The van der Waals surface area contributed by atoms with Crippen LogP contribution in [0.5, 0.6) is 0 Å². The molecule has 0 saturated carbocycles. The molecule has 0 saturated heterocycles. The van der Waals surface area contributed by atoms with Crippen molar-refractivity contribution in [1.82, 2.24) is 30.1 Å². The van der Waals surface area contributed by atoms with E-state index >= 15 is 0 Å². The Kier molecular flexibility index (Phi) is 3.36. The molecule has 5 rings (SSSR count). The Morgan fingerprint density at radius 1 is 1.00 bits per heavy atom. The number of H-pyrrole nitrogens is 1. The third-order valence-electron chi connectivity index (χ3n) is 4.70. The van der Waals surface area contributed by atoms with Gasteiger partial charge in [0.25, 0.3) is 11.8 Å². The summed E-state index contributed by atoms with van der Waals surface area (Å²) in [5.41, 5.74) is 3.44. The number of aromatic amines is 1. The van der Waals surface area contributed by atoms with Crippen molar-refractivity contribution in [1.29, 1.82) is 0 Å². The van der Waals surface area contributed by atoms with Gasteiger partial charge in [0.1, 0.15) is 0 Å². The molecule has 4 aromatic rings. The van der Waals surface area contributed by atoms with E-state index in [9.17, 15) is 9.59 Å². The largest absolute Gasteiger partial charge is 0.278 e. The Labute approximate surface area is 153 Å². The van der Waals surface area contributed by atoms with Crippen LogP contribution in [0.2, 0.25) is 0 Å². The minimum Gasteiger partial charge on any atom is -0.278 e. The van der Waals surface area contributed by atoms with Gasteiger partial charge in [0, 0.05) is 18.4 Å². The highest BCUT2D eigenvalue weighted by Crippen LogP contribution is 2.22. The SMILES string of the molecule is O=C1c2ccccc2C(=O)N1CCc1cn(-c2ccc3[nH]ncc3c2)nn1. The molecule has 8 nitrogen and oxygen atoms in total. The Hall–Kier alpha value is -3.81. The highest BCUT2D eigenvalue weighted by Gasteiger charge is 2.34. The Morgan fingerprint density at radius 3 is 2.56 bits per heavy atom. The molecule has 0 bridgehead atoms. The number of nitrogens with one attached hydrogen (secondary N) is 1. The Bertz CT molecular complexity index is 1160. The molecule has 0 unspecified atom stereocenters. The van der Waals surface area contributed by atoms with Gasteiger partial charge < -0.3 is 0 Å². The number of amides is 2. The van der Waals surface area contributed by atoms with Gasteiger partial charge in [-0.3, -0.25) is 19.6 Å². The zero-order chi connectivity index (χ0) is 18.4. The highest BCUT2D eigenvalue weighted by molar-refractivity contribution is 6.21. The van der Waals surface area contributed by atoms with Crippen LogP contribution >= 0.6 is 0 Å². The quantitative estimate of drug-likeness (QED) is 0.563. The lowest BCUT2D eigenvalue weighted by atomic mass is 10.1. The topological polar surface area (TPSA) is 96.8 Å². The van der Waals surface area contributed by atoms with Crippen LogP contribution in [0.4, 0.5) is 0 Å². The summed E-state index contributed by atoms with van der Waals surface area (Å²) in [5.74, 6) is -0.512. The number of imide groups is 1. The summed E-state index contributed by atoms with van der Waals surface area (Å²) in [4.78, 5) is 26.1. The number of benzene rings is 2. The molecule has 0 fully saturated rings. The van der Waals surface area contributed by atoms with E-state index in [1.165, 1.54) is 4.90 Å². The lowest BCUT2D eigenvalue weighted by Gasteiger charge is -2.12. The first-order valence-electron chi connectivity index (χ1n) is 8.51. The summed E-state index contributed by atoms with van der Waals surface area (Å²) >= 11 is 0. The van der Waals surface area contributed by atoms with Crippen LogP contribution in [-0.4, -0.2) is 48.5 Å². The minimum absolute atomic E-state index is 0.256. The zero-order valence-electron chi connectivity index (χ0n) is 14.2. The third-order valence-corrected chi connectivity index (χ3v) is 4.70. The molecule has 3 heterocycles. The van der Waals surface area contributed by atoms with Crippen LogP contribution in [0.3, 0.4) is 0 Å². The lowest BCUT2D eigenvalue weighted by molar-refractivity contribution is 0.0656. The van der Waals surface area contributed by atoms with E-state index in [4.69, 9.17) is 0 Å². The van der Waals surface area contributed by atoms with Gasteiger partial charge in [-0.1, -0.05) is 17.3 Å². The molecule has 2 amide bonds. The van der Waals surface area contributed by atoms with Crippen LogP contribution in [0.15, 0.2) is 54.9 Å². The maximum absolute atomic E-state index is 12.4. The van der Waals surface area contributed by atoms with Gasteiger partial charge in [-0.2, -0.15) is 5.10 Å². The molecule has 2 aromatic carbocycles. The van der Waals surface area contributed by atoms with Crippen molar-refractivity contribution < 1.29 is 9.59 Å². The van der Waals surface area contributed by atoms with Crippen molar-refractivity contribution in [2.45, 2.75) is 6.42 Å². The monoisotopic (exact) mass is 358 g/mol. The normalized spacial score (nSPS) is 13.6. The van der Waals surface area contributed by atoms with Gasteiger partial charge in [-0.25, -0.2) is 4.68 Å². The molecule has 132 valence electrons. The number of aromatic nitrogens is 5. The summed E-state index contributed by atoms with van der Waals surface area (Å²) in [6, 6.07) is 12.7. The van der Waals surface area contributed by atoms with Crippen LogP contribution in [0.1, 0.15) is 26.4 Å². The van der Waals surface area contributed by atoms with Crippen molar-refractivity contribution in [3.05, 3.63) is 71.7 Å². The van der Waals surface area contributed by atoms with E-state index in [1.54, 1.807) is 41.3 Å². The Morgan fingerprint density at radius 2 is 1.78 bits per heavy atom. The van der Waals surface area contributed by atoms with Gasteiger partial charge >= 0.3 is 0 Å². The Balaban J connectivity index is 1.33. The molecule has 8 heteroatoms. The molecular formula is C19H14N6O2. The van der Waals surface area contributed by atoms with Gasteiger partial charge in [0.2, 0.25) is 0 Å². The predicted octanol–water partition coefficient (Wildman–Crippen LogP) is 1.98. The van der Waals surface area contributed by atoms with E-state index in [-0.39, 0.29) is 18.4 Å². The summed E-state index contributed by atoms with van der Waals surface area (Å²) in [7, 11) is 0. The van der Waals surface area contributed by atoms with Crippen molar-refractivity contribution in [3.63, 3.8) is 0 Å². The van der Waals surface area contributed by atoms with Crippen molar-refractivity contribution >= 4 is 22.7 Å². The van der Waals surface area contributed by atoms with Gasteiger partial charge in [0.05, 0.1) is 40.4 Å². The van der Waals surface area contributed by atoms with E-state index in [0.717, 1.165) is 16.6 Å². The fourth-order valence-corrected chi connectivity index (χ4v) is 3.28. The third kappa shape index (κ3) is 2.50. The standard InChI is InChI=1S/C19H14N6O2/c26-18-15-3-1-2-4-16(15)19(27)24(18)8-7-13-11-25(23-21-13)14-5-6-17-12(9-14)10-20-22-17/h1-6,9-11H,7-8H2,(H,20,22). The van der Waals surface area contributed by atoms with Crippen molar-refractivity contribution in [2.75, 3.05) is 6.54 Å². The second-order valence-corrected chi connectivity index (χ2v) is 6.35. The van der Waals surface area contributed by atoms with E-state index in [0.29, 0.717) is 23.2 Å². The van der Waals surface area contributed by atoms with Gasteiger partial charge in [0.15, 0.2) is 0 Å². The number of rotatable bonds is 4. The summed E-state index contributed by atoms with van der Waals surface area (Å²) in [5, 5.41) is 16.2. The van der Waals surface area contributed by atoms with Crippen molar-refractivity contribution in [2.24, 2.45) is 0 Å². The average molecular weight is 358 g/mol. The molecule has 1 N–H and O–H groups in total. The van der Waals surface area contributed by atoms with E-state index < -0.39 is 0 Å². The number of hydrogen-bond acceptors (Lipinski definition) is 5. The summed E-state index contributed by atoms with van der Waals surface area (Å²) in [6.07, 6.45) is 4.00. The second-order valence-electron chi connectivity index (χ2n) is 6.35. The molecule has 2 aromatic heterocycles. The number of nitrogens with zero attached hydrogens (tertiary/aromatic N) is 5. The van der Waals surface area contributed by atoms with Crippen LogP contribution in [0, 0.1) is 0 Å². The van der Waals surface area contributed by atoms with Crippen LogP contribution in [-0.2, 0) is 6.42 Å². The molecule has 1 aliphatic heterocycles. The van der Waals surface area contributed by atoms with Crippen LogP contribution in [0.25, 0.3) is 16.6 Å². The molecule has 1 aliphatic rings. The highest BCUT2D eigenvalue weighted by atomic mass is 16.2. The van der Waals surface area contributed by atoms with Crippen LogP contribution < -0.4 is 0 Å². The number of hydrogen-bond donors (Lipinski definition) is 1. The van der Waals surface area contributed by atoms with E-state index in [1.807, 2.05) is 18.2 Å². The molecule has 0 radical (unpaired) electrons. The number of carbonyl (C=O) groups is 2. The molecule has 0 aliphatic carbocycles. The molecular weight excluding hydrogens is 344 g/mol. The summed E-state index contributed by atoms with van der Waals surface area (Å²) < 4.78 is 1.67. The maximum Gasteiger partial charge on any atom is 0.261 e. The predicted molar refractivity (Wildman–Crippen MR) is 96.5 cm³/mol. The first-order valence-corrected chi connectivity index (χ1v) is 8.51. The average Bonchev–Trinajstić information content (AvgIpc) is 3.40. The zero-order valence-corrected chi connectivity index (χ0v) is 14.2. The molecule has 0 spiro atoms. The fraction of sp³-hybridized carbons (Fsp3) is 0.105.